The topological polar surface area (TPSA) is 67.2 Å². The number of carbonyl (C=O) groups excluding carboxylic acids is 2. The molecule has 0 radical (unpaired) electrons. The molecule has 3 heterocycles. The molecular weight excluding hydrogens is 427 g/mol. The van der Waals surface area contributed by atoms with Crippen LogP contribution in [-0.2, 0) is 16.1 Å². The van der Waals surface area contributed by atoms with Gasteiger partial charge in [0.25, 0.3) is 0 Å². The molecule has 2 atom stereocenters. The molecule has 6 nitrogen and oxygen atoms in total. The fourth-order valence-corrected chi connectivity index (χ4v) is 5.85. The molecule has 2 aliphatic rings. The lowest BCUT2D eigenvalue weighted by molar-refractivity contribution is -0.138. The predicted octanol–water partition coefficient (Wildman–Crippen LogP) is 3.75. The summed E-state index contributed by atoms with van der Waals surface area (Å²) in [5.74, 6) is 0.168. The second-order valence-corrected chi connectivity index (χ2v) is 9.77. The van der Waals surface area contributed by atoms with Gasteiger partial charge in [0, 0.05) is 36.0 Å². The highest BCUT2D eigenvalue weighted by molar-refractivity contribution is 8.01. The molecule has 2 aliphatic heterocycles. The van der Waals surface area contributed by atoms with Crippen molar-refractivity contribution in [1.29, 1.82) is 0 Å². The number of nitrogens with zero attached hydrogens (tertiary/aromatic N) is 3. The van der Waals surface area contributed by atoms with Crippen LogP contribution in [0.1, 0.15) is 25.3 Å². The van der Waals surface area contributed by atoms with E-state index >= 15 is 0 Å². The molecule has 5 rings (SSSR count). The Hall–Kier alpha value is -3.13. The third kappa shape index (κ3) is 3.68. The van der Waals surface area contributed by atoms with Crippen LogP contribution in [0.3, 0.4) is 0 Å². The van der Waals surface area contributed by atoms with E-state index in [1.807, 2.05) is 43.5 Å². The second kappa shape index (κ2) is 8.09. The first kappa shape index (κ1) is 20.8. The molecule has 2 amide bonds. The number of hydrogen-bond donors (Lipinski definition) is 1. The molecule has 1 N–H and O–H groups in total. The zero-order chi connectivity index (χ0) is 22.3. The zero-order valence-electron chi connectivity index (χ0n) is 17.6. The molecule has 8 heteroatoms. The number of benzene rings is 2. The second-order valence-electron chi connectivity index (χ2n) is 8.27. The van der Waals surface area contributed by atoms with Gasteiger partial charge in [-0.25, -0.2) is 9.07 Å². The van der Waals surface area contributed by atoms with Crippen molar-refractivity contribution in [3.63, 3.8) is 0 Å². The van der Waals surface area contributed by atoms with E-state index in [2.05, 4.69) is 5.32 Å². The minimum absolute atomic E-state index is 0.0431. The van der Waals surface area contributed by atoms with Crippen LogP contribution < -0.4 is 5.32 Å². The molecule has 2 saturated heterocycles. The third-order valence-electron chi connectivity index (χ3n) is 6.13. The Bertz CT molecular complexity index is 1160. The maximum atomic E-state index is 13.5. The first-order chi connectivity index (χ1) is 15.4. The molecule has 1 aromatic heterocycles. The SMILES string of the molecule is CC12CCC(=O)N1C(C(=O)NCc1cn(-c3ccccc3)nc1-c1ccc(F)cc1)CS2. The summed E-state index contributed by atoms with van der Waals surface area (Å²) in [6.07, 6.45) is 3.15. The molecule has 2 fully saturated rings. The van der Waals surface area contributed by atoms with Crippen LogP contribution in [0.15, 0.2) is 60.8 Å². The Morgan fingerprint density at radius 2 is 1.97 bits per heavy atom. The van der Waals surface area contributed by atoms with Crippen molar-refractivity contribution in [1.82, 2.24) is 20.0 Å². The smallest absolute Gasteiger partial charge is 0.243 e. The van der Waals surface area contributed by atoms with Gasteiger partial charge in [-0.15, -0.1) is 11.8 Å². The van der Waals surface area contributed by atoms with Gasteiger partial charge >= 0.3 is 0 Å². The van der Waals surface area contributed by atoms with E-state index in [0.717, 1.165) is 23.2 Å². The van der Waals surface area contributed by atoms with Crippen LogP contribution in [0.4, 0.5) is 4.39 Å². The van der Waals surface area contributed by atoms with Gasteiger partial charge in [0.05, 0.1) is 16.3 Å². The zero-order valence-corrected chi connectivity index (χ0v) is 18.4. The molecular formula is C24H23FN4O2S. The fourth-order valence-electron chi connectivity index (χ4n) is 4.42. The fraction of sp³-hybridized carbons (Fsp3) is 0.292. The number of amides is 2. The first-order valence-corrected chi connectivity index (χ1v) is 11.6. The highest BCUT2D eigenvalue weighted by Crippen LogP contribution is 2.47. The maximum Gasteiger partial charge on any atom is 0.243 e. The average molecular weight is 451 g/mol. The van der Waals surface area contributed by atoms with Gasteiger partial charge in [0.2, 0.25) is 11.8 Å². The van der Waals surface area contributed by atoms with Crippen LogP contribution in [-0.4, -0.2) is 43.2 Å². The Morgan fingerprint density at radius 1 is 1.22 bits per heavy atom. The number of carbonyl (C=O) groups is 2. The molecule has 3 aromatic rings. The van der Waals surface area contributed by atoms with Crippen molar-refractivity contribution >= 4 is 23.6 Å². The summed E-state index contributed by atoms with van der Waals surface area (Å²) >= 11 is 1.67. The molecule has 2 aromatic carbocycles. The summed E-state index contributed by atoms with van der Waals surface area (Å²) < 4.78 is 15.2. The number of thioether (sulfide) groups is 1. The first-order valence-electron chi connectivity index (χ1n) is 10.6. The lowest BCUT2D eigenvalue weighted by atomic mass is 10.1. The molecule has 2 unspecified atom stereocenters. The van der Waals surface area contributed by atoms with Crippen molar-refractivity contribution in [3.05, 3.63) is 72.2 Å². The van der Waals surface area contributed by atoms with Crippen LogP contribution >= 0.6 is 11.8 Å². The number of nitrogens with one attached hydrogen (secondary N) is 1. The number of hydrogen-bond acceptors (Lipinski definition) is 4. The lowest BCUT2D eigenvalue weighted by Crippen LogP contribution is -2.49. The summed E-state index contributed by atoms with van der Waals surface area (Å²) in [6.45, 7) is 2.30. The highest BCUT2D eigenvalue weighted by atomic mass is 32.2. The maximum absolute atomic E-state index is 13.5. The van der Waals surface area contributed by atoms with E-state index in [0.29, 0.717) is 17.9 Å². The van der Waals surface area contributed by atoms with Gasteiger partial charge in [0.1, 0.15) is 11.9 Å². The van der Waals surface area contributed by atoms with Gasteiger partial charge < -0.3 is 10.2 Å². The van der Waals surface area contributed by atoms with Crippen molar-refractivity contribution in [2.75, 3.05) is 5.75 Å². The highest BCUT2D eigenvalue weighted by Gasteiger charge is 2.52. The van der Waals surface area contributed by atoms with Gasteiger partial charge in [-0.05, 0) is 49.7 Å². The van der Waals surface area contributed by atoms with E-state index in [1.165, 1.54) is 12.1 Å². The van der Waals surface area contributed by atoms with Crippen molar-refractivity contribution in [3.8, 4) is 16.9 Å². The van der Waals surface area contributed by atoms with Crippen LogP contribution in [0.25, 0.3) is 16.9 Å². The number of fused-ring (bicyclic) bond motifs is 1. The van der Waals surface area contributed by atoms with Crippen molar-refractivity contribution in [2.24, 2.45) is 0 Å². The van der Waals surface area contributed by atoms with Crippen LogP contribution in [0, 0.1) is 5.82 Å². The third-order valence-corrected chi connectivity index (χ3v) is 7.63. The molecule has 0 aliphatic carbocycles. The number of rotatable bonds is 5. The molecule has 0 bridgehead atoms. The van der Waals surface area contributed by atoms with Crippen molar-refractivity contribution in [2.45, 2.75) is 37.2 Å². The number of para-hydroxylation sites is 1. The standard InChI is InChI=1S/C24H23FN4O2S/c1-24-12-11-21(30)29(24)20(15-32-24)23(31)26-13-17-14-28(19-5-3-2-4-6-19)27-22(17)16-7-9-18(25)10-8-16/h2-10,14,20H,11-13,15H2,1H3,(H,26,31). The Labute approximate surface area is 189 Å². The van der Waals surface area contributed by atoms with E-state index in [-0.39, 0.29) is 29.0 Å². The van der Waals surface area contributed by atoms with Gasteiger partial charge in [-0.1, -0.05) is 18.2 Å². The van der Waals surface area contributed by atoms with Crippen LogP contribution in [0.5, 0.6) is 0 Å². The molecule has 0 saturated carbocycles. The number of halogens is 1. The Kier molecular flexibility index (Phi) is 5.25. The van der Waals surface area contributed by atoms with Crippen molar-refractivity contribution < 1.29 is 14.0 Å². The minimum atomic E-state index is -0.460. The van der Waals surface area contributed by atoms with Gasteiger partial charge in [-0.2, -0.15) is 5.10 Å². The van der Waals surface area contributed by atoms with Gasteiger partial charge in [0.15, 0.2) is 0 Å². The van der Waals surface area contributed by atoms with Crippen LogP contribution in [0.2, 0.25) is 0 Å². The summed E-state index contributed by atoms with van der Waals surface area (Å²) in [6, 6.07) is 15.4. The molecule has 164 valence electrons. The minimum Gasteiger partial charge on any atom is -0.350 e. The monoisotopic (exact) mass is 450 g/mol. The molecule has 0 spiro atoms. The van der Waals surface area contributed by atoms with E-state index in [9.17, 15) is 14.0 Å². The number of aromatic nitrogens is 2. The quantitative estimate of drug-likeness (QED) is 0.643. The van der Waals surface area contributed by atoms with Gasteiger partial charge in [-0.3, -0.25) is 9.59 Å². The summed E-state index contributed by atoms with van der Waals surface area (Å²) in [7, 11) is 0. The summed E-state index contributed by atoms with van der Waals surface area (Å²) in [5.41, 5.74) is 3.15. The van der Waals surface area contributed by atoms with E-state index < -0.39 is 6.04 Å². The normalized spacial score (nSPS) is 22.2. The predicted molar refractivity (Wildman–Crippen MR) is 122 cm³/mol. The molecule has 32 heavy (non-hydrogen) atoms. The Balaban J connectivity index is 1.40. The Morgan fingerprint density at radius 3 is 2.72 bits per heavy atom. The largest absolute Gasteiger partial charge is 0.350 e. The average Bonchev–Trinajstić information content (AvgIpc) is 3.46. The van der Waals surface area contributed by atoms with E-state index in [4.69, 9.17) is 5.10 Å². The lowest BCUT2D eigenvalue weighted by Gasteiger charge is -2.29. The summed E-state index contributed by atoms with van der Waals surface area (Å²) in [4.78, 5) is 26.9. The van der Waals surface area contributed by atoms with E-state index in [1.54, 1.807) is 33.5 Å². The summed E-state index contributed by atoms with van der Waals surface area (Å²) in [5, 5.41) is 7.71.